The minimum absolute atomic E-state index is 0.0564. The predicted molar refractivity (Wildman–Crippen MR) is 122 cm³/mol. The molecule has 0 aliphatic rings. The van der Waals surface area contributed by atoms with Crippen LogP contribution in [0.5, 0.6) is 5.75 Å². The second kappa shape index (κ2) is 10.6. The van der Waals surface area contributed by atoms with Gasteiger partial charge in [-0.15, -0.1) is 0 Å². The van der Waals surface area contributed by atoms with Crippen molar-refractivity contribution in [1.29, 1.82) is 5.26 Å². The normalized spacial score (nSPS) is 12.8. The molecule has 0 aliphatic heterocycles. The van der Waals surface area contributed by atoms with Crippen molar-refractivity contribution in [2.75, 3.05) is 7.11 Å². The number of ketones is 1. The van der Waals surface area contributed by atoms with Gasteiger partial charge in [-0.3, -0.25) is 14.6 Å². The molecule has 0 fully saturated rings. The number of hydrogen-bond donors (Lipinski definition) is 2. The van der Waals surface area contributed by atoms with Gasteiger partial charge in [0, 0.05) is 41.6 Å². The SMILES string of the molecule is COc1cccc2[nH]c(C(=O)CC(CC(C)C)C(=O)NC(C#N)Cc3ccccn3)cc12. The molecule has 3 aromatic rings. The third-order valence-corrected chi connectivity index (χ3v) is 5.31. The van der Waals surface area contributed by atoms with Crippen LogP contribution in [0.3, 0.4) is 0 Å². The number of methoxy groups -OCH3 is 1. The molecule has 2 unspecified atom stereocenters. The number of fused-ring (bicyclic) bond motifs is 1. The van der Waals surface area contributed by atoms with Gasteiger partial charge in [-0.25, -0.2) is 0 Å². The number of H-pyrrole nitrogens is 1. The monoisotopic (exact) mass is 432 g/mol. The molecule has 32 heavy (non-hydrogen) atoms. The Morgan fingerprint density at radius 1 is 1.22 bits per heavy atom. The second-order valence-electron chi connectivity index (χ2n) is 8.27. The van der Waals surface area contributed by atoms with E-state index < -0.39 is 12.0 Å². The standard InChI is InChI=1S/C25H28N4O3/c1-16(2)11-17(25(31)28-19(15-26)13-18-7-4-5-10-27-18)12-23(30)22-14-20-21(29-22)8-6-9-24(20)32-3/h4-10,14,16-17,19,29H,11-13H2,1-3H3,(H,28,31). The number of amides is 1. The molecular weight excluding hydrogens is 404 g/mol. The summed E-state index contributed by atoms with van der Waals surface area (Å²) in [7, 11) is 1.59. The zero-order valence-electron chi connectivity index (χ0n) is 18.6. The average molecular weight is 433 g/mol. The number of nitriles is 1. The number of rotatable bonds is 10. The van der Waals surface area contributed by atoms with Crippen LogP contribution < -0.4 is 10.1 Å². The number of benzene rings is 1. The minimum Gasteiger partial charge on any atom is -0.496 e. The van der Waals surface area contributed by atoms with Crippen LogP contribution in [0.2, 0.25) is 0 Å². The smallest absolute Gasteiger partial charge is 0.224 e. The number of Topliss-reactive ketones (excluding diaryl/α,β-unsaturated/α-hetero) is 1. The van der Waals surface area contributed by atoms with E-state index in [1.54, 1.807) is 25.4 Å². The van der Waals surface area contributed by atoms with Gasteiger partial charge in [-0.05, 0) is 42.7 Å². The summed E-state index contributed by atoms with van der Waals surface area (Å²) in [6.45, 7) is 4.02. The summed E-state index contributed by atoms with van der Waals surface area (Å²) in [6.07, 6.45) is 2.57. The zero-order chi connectivity index (χ0) is 23.1. The maximum Gasteiger partial charge on any atom is 0.224 e. The molecule has 0 aliphatic carbocycles. The van der Waals surface area contributed by atoms with Gasteiger partial charge in [0.25, 0.3) is 0 Å². The Morgan fingerprint density at radius 2 is 2.03 bits per heavy atom. The van der Waals surface area contributed by atoms with E-state index in [-0.39, 0.29) is 24.0 Å². The van der Waals surface area contributed by atoms with E-state index in [4.69, 9.17) is 4.74 Å². The van der Waals surface area contributed by atoms with Crippen molar-refractivity contribution in [2.24, 2.45) is 11.8 Å². The zero-order valence-corrected chi connectivity index (χ0v) is 18.6. The molecule has 166 valence electrons. The first-order valence-corrected chi connectivity index (χ1v) is 10.7. The lowest BCUT2D eigenvalue weighted by Gasteiger charge is -2.20. The number of carbonyl (C=O) groups excluding carboxylic acids is 2. The summed E-state index contributed by atoms with van der Waals surface area (Å²) in [5, 5.41) is 13.1. The van der Waals surface area contributed by atoms with E-state index in [0.29, 0.717) is 24.3 Å². The van der Waals surface area contributed by atoms with E-state index in [0.717, 1.165) is 16.6 Å². The Morgan fingerprint density at radius 3 is 2.69 bits per heavy atom. The molecule has 2 aromatic heterocycles. The van der Waals surface area contributed by atoms with Crippen molar-refractivity contribution in [3.8, 4) is 11.8 Å². The van der Waals surface area contributed by atoms with Gasteiger partial charge in [-0.1, -0.05) is 26.0 Å². The van der Waals surface area contributed by atoms with Gasteiger partial charge < -0.3 is 15.0 Å². The number of aromatic nitrogens is 2. The topological polar surface area (TPSA) is 108 Å². The lowest BCUT2D eigenvalue weighted by atomic mass is 9.90. The molecule has 2 N–H and O–H groups in total. The first-order chi connectivity index (χ1) is 15.4. The van der Waals surface area contributed by atoms with Gasteiger partial charge in [0.1, 0.15) is 11.8 Å². The van der Waals surface area contributed by atoms with Crippen LogP contribution in [0.25, 0.3) is 10.9 Å². The summed E-state index contributed by atoms with van der Waals surface area (Å²) in [6, 6.07) is 14.2. The van der Waals surface area contributed by atoms with Crippen LogP contribution in [0.4, 0.5) is 0 Å². The van der Waals surface area contributed by atoms with Gasteiger partial charge in [0.05, 0.1) is 18.9 Å². The first-order valence-electron chi connectivity index (χ1n) is 10.7. The van der Waals surface area contributed by atoms with Crippen LogP contribution in [-0.2, 0) is 11.2 Å². The van der Waals surface area contributed by atoms with E-state index >= 15 is 0 Å². The van der Waals surface area contributed by atoms with Gasteiger partial charge in [0.2, 0.25) is 5.91 Å². The molecular formula is C25H28N4O3. The maximum absolute atomic E-state index is 13.0. The summed E-state index contributed by atoms with van der Waals surface area (Å²) < 4.78 is 5.37. The van der Waals surface area contributed by atoms with Crippen LogP contribution in [0.1, 0.15) is 42.9 Å². The number of hydrogen-bond acceptors (Lipinski definition) is 5. The van der Waals surface area contributed by atoms with Crippen molar-refractivity contribution in [3.63, 3.8) is 0 Å². The third-order valence-electron chi connectivity index (χ3n) is 5.31. The highest BCUT2D eigenvalue weighted by Gasteiger charge is 2.26. The summed E-state index contributed by atoms with van der Waals surface area (Å²) in [4.78, 5) is 33.4. The van der Waals surface area contributed by atoms with Crippen LogP contribution >= 0.6 is 0 Å². The van der Waals surface area contributed by atoms with Gasteiger partial charge in [-0.2, -0.15) is 5.26 Å². The molecule has 0 saturated heterocycles. The highest BCUT2D eigenvalue weighted by molar-refractivity contribution is 6.02. The van der Waals surface area contributed by atoms with E-state index in [1.807, 2.05) is 44.2 Å². The minimum atomic E-state index is -0.709. The fourth-order valence-corrected chi connectivity index (χ4v) is 3.79. The number of nitrogens with zero attached hydrogens (tertiary/aromatic N) is 2. The Balaban J connectivity index is 1.73. The van der Waals surface area contributed by atoms with E-state index in [2.05, 4.69) is 21.4 Å². The fourth-order valence-electron chi connectivity index (χ4n) is 3.79. The molecule has 0 radical (unpaired) electrons. The third kappa shape index (κ3) is 5.73. The van der Waals surface area contributed by atoms with Crippen molar-refractivity contribution in [1.82, 2.24) is 15.3 Å². The van der Waals surface area contributed by atoms with Crippen molar-refractivity contribution in [3.05, 3.63) is 60.0 Å². The highest BCUT2D eigenvalue weighted by Crippen LogP contribution is 2.27. The lowest BCUT2D eigenvalue weighted by molar-refractivity contribution is -0.125. The Hall–Kier alpha value is -3.66. The largest absolute Gasteiger partial charge is 0.496 e. The van der Waals surface area contributed by atoms with Gasteiger partial charge in [0.15, 0.2) is 5.78 Å². The predicted octanol–water partition coefficient (Wildman–Crippen LogP) is 4.06. The fraction of sp³-hybridized carbons (Fsp3) is 0.360. The summed E-state index contributed by atoms with van der Waals surface area (Å²) >= 11 is 0. The number of aromatic amines is 1. The number of pyridine rings is 1. The molecule has 1 amide bonds. The first kappa shape index (κ1) is 23.0. The molecule has 7 nitrogen and oxygen atoms in total. The summed E-state index contributed by atoms with van der Waals surface area (Å²) in [5.41, 5.74) is 1.97. The highest BCUT2D eigenvalue weighted by atomic mass is 16.5. The molecule has 7 heteroatoms. The number of nitrogens with one attached hydrogen (secondary N) is 2. The Kier molecular flexibility index (Phi) is 7.61. The maximum atomic E-state index is 13.0. The average Bonchev–Trinajstić information content (AvgIpc) is 3.23. The summed E-state index contributed by atoms with van der Waals surface area (Å²) in [5.74, 6) is -0.0701. The molecule has 2 atom stereocenters. The van der Waals surface area contributed by atoms with E-state index in [1.165, 1.54) is 0 Å². The molecule has 0 spiro atoms. The molecule has 2 heterocycles. The van der Waals surface area contributed by atoms with Crippen molar-refractivity contribution < 1.29 is 14.3 Å². The Bertz CT molecular complexity index is 1120. The van der Waals surface area contributed by atoms with Crippen molar-refractivity contribution in [2.45, 2.75) is 39.2 Å². The lowest BCUT2D eigenvalue weighted by Crippen LogP contribution is -2.40. The van der Waals surface area contributed by atoms with Crippen molar-refractivity contribution >= 4 is 22.6 Å². The second-order valence-corrected chi connectivity index (χ2v) is 8.27. The number of ether oxygens (including phenoxy) is 1. The quantitative estimate of drug-likeness (QED) is 0.470. The molecule has 1 aromatic carbocycles. The van der Waals surface area contributed by atoms with Crippen LogP contribution in [0, 0.1) is 23.2 Å². The van der Waals surface area contributed by atoms with E-state index in [9.17, 15) is 14.9 Å². The molecule has 0 saturated carbocycles. The van der Waals surface area contributed by atoms with Crippen LogP contribution in [-0.4, -0.2) is 34.8 Å². The van der Waals surface area contributed by atoms with Gasteiger partial charge >= 0.3 is 0 Å². The molecule has 0 bridgehead atoms. The van der Waals surface area contributed by atoms with Crippen LogP contribution in [0.15, 0.2) is 48.7 Å². The number of carbonyl (C=O) groups is 2. The Labute approximate surface area is 187 Å². The molecule has 3 rings (SSSR count).